The number of aromatic nitrogens is 2. The molecule has 1 aliphatic rings. The molecule has 2 rings (SSSR count). The number of hydrogen-bond acceptors (Lipinski definition) is 7. The van der Waals surface area contributed by atoms with E-state index in [0.29, 0.717) is 17.6 Å². The molecular weight excluding hydrogens is 278 g/mol. The molecule has 7 nitrogen and oxygen atoms in total. The fourth-order valence-corrected chi connectivity index (χ4v) is 2.89. The van der Waals surface area contributed by atoms with Gasteiger partial charge >= 0.3 is 5.69 Å². The van der Waals surface area contributed by atoms with Crippen LogP contribution in [-0.2, 0) is 0 Å². The summed E-state index contributed by atoms with van der Waals surface area (Å²) in [6.07, 6.45) is 5.42. The average molecular weight is 293 g/mol. The molecule has 106 valence electrons. The third kappa shape index (κ3) is 3.36. The first-order chi connectivity index (χ1) is 9.61. The van der Waals surface area contributed by atoms with Gasteiger partial charge in [0.1, 0.15) is 11.2 Å². The molecule has 0 radical (unpaired) electrons. The predicted molar refractivity (Wildman–Crippen MR) is 75.4 cm³/mol. The standard InChI is InChI=1S/C12H15N5O2S/c1-8-14-11(16-9-5-3-2-4-6-9)10(17(18)19)12(15-8)20-7-13/h9H,2-6H2,1H3,(H,14,15,16). The number of hydrogen-bond donors (Lipinski definition) is 1. The van der Waals surface area contributed by atoms with E-state index in [1.165, 1.54) is 6.42 Å². The molecule has 0 amide bonds. The van der Waals surface area contributed by atoms with E-state index < -0.39 is 4.92 Å². The summed E-state index contributed by atoms with van der Waals surface area (Å²) in [6, 6.07) is 0.205. The van der Waals surface area contributed by atoms with Crippen LogP contribution < -0.4 is 5.32 Å². The van der Waals surface area contributed by atoms with E-state index in [2.05, 4.69) is 15.3 Å². The van der Waals surface area contributed by atoms with Crippen LogP contribution in [0.1, 0.15) is 37.9 Å². The Balaban J connectivity index is 2.34. The van der Waals surface area contributed by atoms with Crippen LogP contribution in [0, 0.1) is 27.7 Å². The number of rotatable bonds is 4. The van der Waals surface area contributed by atoms with Gasteiger partial charge in [-0.15, -0.1) is 0 Å². The molecule has 0 spiro atoms. The molecule has 8 heteroatoms. The molecule has 0 bridgehead atoms. The van der Waals surface area contributed by atoms with Crippen molar-refractivity contribution < 1.29 is 4.92 Å². The lowest BCUT2D eigenvalue weighted by Crippen LogP contribution is -2.24. The number of nitrogens with one attached hydrogen (secondary N) is 1. The van der Waals surface area contributed by atoms with Crippen LogP contribution >= 0.6 is 11.8 Å². The third-order valence-corrected chi connectivity index (χ3v) is 3.80. The van der Waals surface area contributed by atoms with Gasteiger partial charge in [-0.25, -0.2) is 9.97 Å². The zero-order chi connectivity index (χ0) is 14.5. The number of aryl methyl sites for hydroxylation is 1. The van der Waals surface area contributed by atoms with E-state index in [4.69, 9.17) is 5.26 Å². The average Bonchev–Trinajstić information content (AvgIpc) is 2.39. The Bertz CT molecular complexity index is 552. The van der Waals surface area contributed by atoms with Gasteiger partial charge in [-0.05, 0) is 19.8 Å². The Morgan fingerprint density at radius 2 is 2.10 bits per heavy atom. The summed E-state index contributed by atoms with van der Waals surface area (Å²) in [7, 11) is 0. The van der Waals surface area contributed by atoms with Crippen LogP contribution in [0.4, 0.5) is 11.5 Å². The summed E-state index contributed by atoms with van der Waals surface area (Å²) in [5.41, 5.74) is -0.201. The summed E-state index contributed by atoms with van der Waals surface area (Å²) in [5, 5.41) is 25.1. The van der Waals surface area contributed by atoms with Crippen molar-refractivity contribution in [3.63, 3.8) is 0 Å². The van der Waals surface area contributed by atoms with Gasteiger partial charge in [-0.3, -0.25) is 10.1 Å². The Morgan fingerprint density at radius 1 is 1.40 bits per heavy atom. The maximum absolute atomic E-state index is 11.2. The smallest absolute Gasteiger partial charge is 0.344 e. The number of thioether (sulfide) groups is 1. The number of thiocyanates is 1. The van der Waals surface area contributed by atoms with Crippen molar-refractivity contribution in [2.24, 2.45) is 0 Å². The fourth-order valence-electron chi connectivity index (χ4n) is 2.36. The van der Waals surface area contributed by atoms with E-state index in [1.54, 1.807) is 6.92 Å². The maximum Gasteiger partial charge on any atom is 0.344 e. The normalized spacial score (nSPS) is 15.6. The van der Waals surface area contributed by atoms with Gasteiger partial charge in [0.15, 0.2) is 5.03 Å². The first-order valence-corrected chi connectivity index (χ1v) is 7.29. The number of nitrogens with zero attached hydrogens (tertiary/aromatic N) is 4. The van der Waals surface area contributed by atoms with Crippen molar-refractivity contribution in [2.45, 2.75) is 50.1 Å². The molecule has 20 heavy (non-hydrogen) atoms. The van der Waals surface area contributed by atoms with Crippen molar-refractivity contribution in [2.75, 3.05) is 5.32 Å². The van der Waals surface area contributed by atoms with E-state index in [9.17, 15) is 10.1 Å². The van der Waals surface area contributed by atoms with Crippen LogP contribution in [0.3, 0.4) is 0 Å². The van der Waals surface area contributed by atoms with Gasteiger partial charge in [-0.2, -0.15) is 5.26 Å². The summed E-state index contributed by atoms with van der Waals surface area (Å²) >= 11 is 0.693. The molecule has 0 aliphatic heterocycles. The second-order valence-corrected chi connectivity index (χ2v) is 5.48. The van der Waals surface area contributed by atoms with Crippen molar-refractivity contribution in [1.29, 1.82) is 5.26 Å². The predicted octanol–water partition coefficient (Wildman–Crippen LogP) is 3.01. The van der Waals surface area contributed by atoms with Crippen molar-refractivity contribution in [3.05, 3.63) is 15.9 Å². The topological polar surface area (TPSA) is 105 Å². The van der Waals surface area contributed by atoms with E-state index >= 15 is 0 Å². The molecule has 0 unspecified atom stereocenters. The minimum Gasteiger partial charge on any atom is -0.361 e. The van der Waals surface area contributed by atoms with E-state index in [1.807, 2.05) is 5.40 Å². The number of nitro groups is 1. The Labute approximate surface area is 121 Å². The molecular formula is C12H15N5O2S. The molecule has 1 N–H and O–H groups in total. The second kappa shape index (κ2) is 6.52. The number of anilines is 1. The van der Waals surface area contributed by atoms with Crippen LogP contribution in [0.5, 0.6) is 0 Å². The first-order valence-electron chi connectivity index (χ1n) is 6.47. The van der Waals surface area contributed by atoms with Crippen LogP contribution in [-0.4, -0.2) is 20.9 Å². The Kier molecular flexibility index (Phi) is 4.74. The zero-order valence-electron chi connectivity index (χ0n) is 11.1. The minimum absolute atomic E-state index is 0.100. The highest BCUT2D eigenvalue weighted by Gasteiger charge is 2.26. The summed E-state index contributed by atoms with van der Waals surface area (Å²) in [4.78, 5) is 18.8. The molecule has 0 saturated heterocycles. The Hall–Kier alpha value is -1.88. The van der Waals surface area contributed by atoms with Crippen LogP contribution in [0.15, 0.2) is 5.03 Å². The first kappa shape index (κ1) is 14.5. The molecule has 1 aliphatic carbocycles. The summed E-state index contributed by atoms with van der Waals surface area (Å²) < 4.78 is 0. The van der Waals surface area contributed by atoms with Gasteiger partial charge in [0, 0.05) is 17.8 Å². The molecule has 1 fully saturated rings. The fraction of sp³-hybridized carbons (Fsp3) is 0.583. The summed E-state index contributed by atoms with van der Waals surface area (Å²) in [5.74, 6) is 0.652. The number of nitriles is 1. The zero-order valence-corrected chi connectivity index (χ0v) is 11.9. The van der Waals surface area contributed by atoms with Crippen molar-refractivity contribution in [3.8, 4) is 5.40 Å². The lowest BCUT2D eigenvalue weighted by Gasteiger charge is -2.23. The lowest BCUT2D eigenvalue weighted by molar-refractivity contribution is -0.387. The molecule has 1 heterocycles. The molecule has 1 saturated carbocycles. The van der Waals surface area contributed by atoms with E-state index in [0.717, 1.165) is 25.7 Å². The van der Waals surface area contributed by atoms with E-state index in [-0.39, 0.29) is 22.6 Å². The second-order valence-electron chi connectivity index (χ2n) is 4.70. The molecule has 1 aromatic rings. The monoisotopic (exact) mass is 293 g/mol. The highest BCUT2D eigenvalue weighted by atomic mass is 32.2. The lowest BCUT2D eigenvalue weighted by atomic mass is 9.95. The largest absolute Gasteiger partial charge is 0.361 e. The summed E-state index contributed by atoms with van der Waals surface area (Å²) in [6.45, 7) is 1.66. The highest BCUT2D eigenvalue weighted by Crippen LogP contribution is 2.34. The quantitative estimate of drug-likeness (QED) is 0.299. The van der Waals surface area contributed by atoms with Gasteiger partial charge in [-0.1, -0.05) is 19.3 Å². The molecule has 0 atom stereocenters. The van der Waals surface area contributed by atoms with Gasteiger partial charge < -0.3 is 5.32 Å². The van der Waals surface area contributed by atoms with Gasteiger partial charge in [0.25, 0.3) is 0 Å². The van der Waals surface area contributed by atoms with Gasteiger partial charge in [0.05, 0.1) is 4.92 Å². The molecule has 0 aromatic carbocycles. The maximum atomic E-state index is 11.2. The third-order valence-electron chi connectivity index (χ3n) is 3.23. The van der Waals surface area contributed by atoms with Gasteiger partial charge in [0.2, 0.25) is 5.82 Å². The van der Waals surface area contributed by atoms with Crippen molar-refractivity contribution in [1.82, 2.24) is 9.97 Å². The Morgan fingerprint density at radius 3 is 2.70 bits per heavy atom. The highest BCUT2D eigenvalue weighted by molar-refractivity contribution is 8.03. The van der Waals surface area contributed by atoms with Crippen molar-refractivity contribution >= 4 is 23.3 Å². The van der Waals surface area contributed by atoms with Crippen LogP contribution in [0.2, 0.25) is 0 Å². The molecule has 1 aromatic heterocycles. The minimum atomic E-state index is -0.524. The SMILES string of the molecule is Cc1nc(NC2CCCCC2)c([N+](=O)[O-])c(SC#N)n1. The van der Waals surface area contributed by atoms with Crippen LogP contribution in [0.25, 0.3) is 0 Å².